The minimum atomic E-state index is -0.389. The maximum atomic E-state index is 12.2. The summed E-state index contributed by atoms with van der Waals surface area (Å²) in [7, 11) is 0. The van der Waals surface area contributed by atoms with E-state index in [9.17, 15) is 9.59 Å². The van der Waals surface area contributed by atoms with Crippen LogP contribution in [0, 0.1) is 0 Å². The number of halogens is 1. The number of nitrogens with one attached hydrogen (secondary N) is 1. The van der Waals surface area contributed by atoms with Crippen molar-refractivity contribution in [3.8, 4) is 0 Å². The topological polar surface area (TPSA) is 55.4 Å². The predicted molar refractivity (Wildman–Crippen MR) is 89.1 cm³/mol. The summed E-state index contributed by atoms with van der Waals surface area (Å²) in [5.41, 5.74) is 1.50. The van der Waals surface area contributed by atoms with Crippen molar-refractivity contribution in [2.75, 3.05) is 11.9 Å². The van der Waals surface area contributed by atoms with Gasteiger partial charge in [0.05, 0.1) is 12.2 Å². The maximum Gasteiger partial charge on any atom is 0.338 e. The summed E-state index contributed by atoms with van der Waals surface area (Å²) in [6.07, 6.45) is 0.769. The Bertz CT molecular complexity index is 685. The summed E-state index contributed by atoms with van der Waals surface area (Å²) in [6, 6.07) is 13.8. The first-order valence-corrected chi connectivity index (χ1v) is 7.73. The van der Waals surface area contributed by atoms with Crippen molar-refractivity contribution in [1.29, 1.82) is 0 Å². The predicted octanol–water partition coefficient (Wildman–Crippen LogP) is 4.27. The third kappa shape index (κ3) is 4.43. The first-order chi connectivity index (χ1) is 10.6. The van der Waals surface area contributed by atoms with E-state index in [1.54, 1.807) is 42.5 Å². The van der Waals surface area contributed by atoms with Crippen LogP contribution in [0.2, 0.25) is 0 Å². The van der Waals surface area contributed by atoms with Gasteiger partial charge >= 0.3 is 5.97 Å². The summed E-state index contributed by atoms with van der Waals surface area (Å²) >= 11 is 3.33. The van der Waals surface area contributed by atoms with Gasteiger partial charge in [-0.15, -0.1) is 0 Å². The van der Waals surface area contributed by atoms with Crippen LogP contribution in [0.25, 0.3) is 0 Å². The van der Waals surface area contributed by atoms with E-state index in [1.807, 2.05) is 13.0 Å². The lowest BCUT2D eigenvalue weighted by atomic mass is 10.1. The van der Waals surface area contributed by atoms with E-state index in [2.05, 4.69) is 21.2 Å². The third-order valence-corrected chi connectivity index (χ3v) is 3.37. The Kier molecular flexibility index (Phi) is 5.72. The van der Waals surface area contributed by atoms with Crippen LogP contribution in [-0.4, -0.2) is 18.5 Å². The van der Waals surface area contributed by atoms with Crippen molar-refractivity contribution in [2.45, 2.75) is 13.3 Å². The highest BCUT2D eigenvalue weighted by molar-refractivity contribution is 9.10. The molecule has 0 radical (unpaired) electrons. The molecule has 0 saturated carbocycles. The van der Waals surface area contributed by atoms with Crippen molar-refractivity contribution in [3.63, 3.8) is 0 Å². The summed E-state index contributed by atoms with van der Waals surface area (Å²) in [5, 5.41) is 2.77. The first kappa shape index (κ1) is 16.2. The van der Waals surface area contributed by atoms with Crippen LogP contribution in [0.1, 0.15) is 34.1 Å². The standard InChI is InChI=1S/C17H16BrNO3/c1-2-9-22-17(21)13-6-4-8-15(11-13)19-16(20)12-5-3-7-14(18)10-12/h3-8,10-11H,2,9H2,1H3,(H,19,20). The molecule has 4 nitrogen and oxygen atoms in total. The average Bonchev–Trinajstić information content (AvgIpc) is 2.52. The zero-order chi connectivity index (χ0) is 15.9. The molecule has 22 heavy (non-hydrogen) atoms. The summed E-state index contributed by atoms with van der Waals surface area (Å²) in [4.78, 5) is 24.0. The molecule has 0 spiro atoms. The Hall–Kier alpha value is -2.14. The lowest BCUT2D eigenvalue weighted by Gasteiger charge is -2.08. The Morgan fingerprint density at radius 3 is 2.55 bits per heavy atom. The maximum absolute atomic E-state index is 12.2. The van der Waals surface area contributed by atoms with Gasteiger partial charge in [0, 0.05) is 15.7 Å². The number of esters is 1. The second-order valence-electron chi connectivity index (χ2n) is 4.68. The molecule has 0 aliphatic carbocycles. The van der Waals surface area contributed by atoms with Gasteiger partial charge in [0.25, 0.3) is 5.91 Å². The number of carbonyl (C=O) groups is 2. The minimum Gasteiger partial charge on any atom is -0.462 e. The van der Waals surface area contributed by atoms with Crippen molar-refractivity contribution >= 4 is 33.5 Å². The molecule has 1 N–H and O–H groups in total. The molecule has 0 aliphatic heterocycles. The van der Waals surface area contributed by atoms with E-state index in [4.69, 9.17) is 4.74 Å². The Morgan fingerprint density at radius 1 is 1.09 bits per heavy atom. The fourth-order valence-electron chi connectivity index (χ4n) is 1.83. The number of benzene rings is 2. The number of rotatable bonds is 5. The molecule has 114 valence electrons. The highest BCUT2D eigenvalue weighted by atomic mass is 79.9. The van der Waals surface area contributed by atoms with Crippen LogP contribution in [0.15, 0.2) is 53.0 Å². The minimum absolute atomic E-state index is 0.236. The quantitative estimate of drug-likeness (QED) is 0.809. The number of anilines is 1. The van der Waals surface area contributed by atoms with Gasteiger partial charge < -0.3 is 10.1 Å². The molecule has 2 rings (SSSR count). The van der Waals surface area contributed by atoms with Crippen LogP contribution >= 0.6 is 15.9 Å². The summed E-state index contributed by atoms with van der Waals surface area (Å²) in [5.74, 6) is -0.624. The zero-order valence-electron chi connectivity index (χ0n) is 12.1. The summed E-state index contributed by atoms with van der Waals surface area (Å²) < 4.78 is 5.91. The van der Waals surface area contributed by atoms with Crippen LogP contribution in [0.4, 0.5) is 5.69 Å². The molecule has 0 saturated heterocycles. The molecular formula is C17H16BrNO3. The molecule has 0 fully saturated rings. The Morgan fingerprint density at radius 2 is 1.82 bits per heavy atom. The second-order valence-corrected chi connectivity index (χ2v) is 5.60. The molecule has 2 aromatic rings. The fourth-order valence-corrected chi connectivity index (χ4v) is 2.23. The molecule has 0 bridgehead atoms. The van der Waals surface area contributed by atoms with E-state index in [0.29, 0.717) is 23.4 Å². The van der Waals surface area contributed by atoms with Gasteiger partial charge in [-0.25, -0.2) is 4.79 Å². The van der Waals surface area contributed by atoms with Crippen LogP contribution in [0.5, 0.6) is 0 Å². The fraction of sp³-hybridized carbons (Fsp3) is 0.176. The molecule has 0 aromatic heterocycles. The Balaban J connectivity index is 2.10. The SMILES string of the molecule is CCCOC(=O)c1cccc(NC(=O)c2cccc(Br)c2)c1. The van der Waals surface area contributed by atoms with Gasteiger partial charge in [0.2, 0.25) is 0 Å². The van der Waals surface area contributed by atoms with E-state index in [0.717, 1.165) is 10.9 Å². The van der Waals surface area contributed by atoms with Crippen molar-refractivity contribution in [2.24, 2.45) is 0 Å². The number of hydrogen-bond acceptors (Lipinski definition) is 3. The molecule has 5 heteroatoms. The molecule has 0 aliphatic rings. The van der Waals surface area contributed by atoms with Gasteiger partial charge in [0.1, 0.15) is 0 Å². The Labute approximate surface area is 137 Å². The second kappa shape index (κ2) is 7.75. The molecule has 0 atom stereocenters. The highest BCUT2D eigenvalue weighted by Gasteiger charge is 2.10. The van der Waals surface area contributed by atoms with Crippen LogP contribution in [0.3, 0.4) is 0 Å². The normalized spacial score (nSPS) is 10.1. The molecule has 0 unspecified atom stereocenters. The average molecular weight is 362 g/mol. The number of carbonyl (C=O) groups excluding carboxylic acids is 2. The van der Waals surface area contributed by atoms with E-state index < -0.39 is 0 Å². The van der Waals surface area contributed by atoms with Gasteiger partial charge in [-0.1, -0.05) is 35.0 Å². The monoisotopic (exact) mass is 361 g/mol. The smallest absolute Gasteiger partial charge is 0.338 e. The lowest BCUT2D eigenvalue weighted by Crippen LogP contribution is -2.13. The molecule has 1 amide bonds. The van der Waals surface area contributed by atoms with E-state index >= 15 is 0 Å². The first-order valence-electron chi connectivity index (χ1n) is 6.94. The summed E-state index contributed by atoms with van der Waals surface area (Å²) in [6.45, 7) is 2.31. The lowest BCUT2D eigenvalue weighted by molar-refractivity contribution is 0.0505. The van der Waals surface area contributed by atoms with E-state index in [1.165, 1.54) is 0 Å². The van der Waals surface area contributed by atoms with Gasteiger partial charge in [-0.2, -0.15) is 0 Å². The number of amides is 1. The van der Waals surface area contributed by atoms with Gasteiger partial charge in [-0.05, 0) is 42.8 Å². The van der Waals surface area contributed by atoms with Crippen molar-refractivity contribution in [1.82, 2.24) is 0 Å². The van der Waals surface area contributed by atoms with Crippen LogP contribution in [-0.2, 0) is 4.74 Å². The third-order valence-electron chi connectivity index (χ3n) is 2.88. The number of hydrogen-bond donors (Lipinski definition) is 1. The zero-order valence-corrected chi connectivity index (χ0v) is 13.7. The van der Waals surface area contributed by atoms with Gasteiger partial charge in [-0.3, -0.25) is 4.79 Å². The number of ether oxygens (including phenoxy) is 1. The van der Waals surface area contributed by atoms with Crippen LogP contribution < -0.4 is 5.32 Å². The van der Waals surface area contributed by atoms with E-state index in [-0.39, 0.29) is 11.9 Å². The highest BCUT2D eigenvalue weighted by Crippen LogP contribution is 2.16. The van der Waals surface area contributed by atoms with Gasteiger partial charge in [0.15, 0.2) is 0 Å². The molecular weight excluding hydrogens is 346 g/mol. The molecule has 2 aromatic carbocycles. The largest absolute Gasteiger partial charge is 0.462 e. The van der Waals surface area contributed by atoms with Crippen molar-refractivity contribution in [3.05, 3.63) is 64.1 Å². The molecule has 0 heterocycles. The van der Waals surface area contributed by atoms with Crippen molar-refractivity contribution < 1.29 is 14.3 Å².